The molecule has 0 amide bonds. The van der Waals surface area contributed by atoms with Gasteiger partial charge in [-0.2, -0.15) is 0 Å². The van der Waals surface area contributed by atoms with Gasteiger partial charge in [0.1, 0.15) is 0 Å². The second kappa shape index (κ2) is 7.50. The van der Waals surface area contributed by atoms with E-state index in [0.29, 0.717) is 22.9 Å². The molecule has 0 radical (unpaired) electrons. The highest BCUT2D eigenvalue weighted by molar-refractivity contribution is 5.76. The third kappa shape index (κ3) is 3.48. The Morgan fingerprint density at radius 2 is 1.25 bits per heavy atom. The average Bonchev–Trinajstić information content (AvgIpc) is 2.58. The van der Waals surface area contributed by atoms with Crippen molar-refractivity contribution in [3.8, 4) is 28.7 Å². The van der Waals surface area contributed by atoms with E-state index in [0.717, 1.165) is 11.1 Å². The van der Waals surface area contributed by atoms with E-state index in [4.69, 9.17) is 24.7 Å². The van der Waals surface area contributed by atoms with Crippen molar-refractivity contribution in [1.29, 1.82) is 0 Å². The Morgan fingerprint density at radius 3 is 1.67 bits per heavy atom. The Balaban J connectivity index is 2.39. The number of phenolic OH excluding ortho intramolecular Hbond substituents is 1. The molecule has 3 N–H and O–H groups in total. The molecule has 0 spiro atoms. The van der Waals surface area contributed by atoms with Crippen molar-refractivity contribution < 1.29 is 24.1 Å². The van der Waals surface area contributed by atoms with Crippen LogP contribution in [0.4, 0.5) is 5.69 Å². The van der Waals surface area contributed by atoms with Gasteiger partial charge in [0.2, 0.25) is 5.75 Å². The summed E-state index contributed by atoms with van der Waals surface area (Å²) in [6.45, 7) is 0. The van der Waals surface area contributed by atoms with Crippen molar-refractivity contribution in [3.63, 3.8) is 0 Å². The first-order valence-electron chi connectivity index (χ1n) is 7.18. The lowest BCUT2D eigenvalue weighted by molar-refractivity contribution is 0.324. The van der Waals surface area contributed by atoms with Crippen LogP contribution in [0.15, 0.2) is 24.3 Å². The van der Waals surface area contributed by atoms with Crippen LogP contribution in [0.2, 0.25) is 0 Å². The highest BCUT2D eigenvalue weighted by Gasteiger charge is 2.12. The zero-order chi connectivity index (χ0) is 17.7. The Kier molecular flexibility index (Phi) is 5.42. The first kappa shape index (κ1) is 17.3. The van der Waals surface area contributed by atoms with E-state index in [9.17, 15) is 5.11 Å². The smallest absolute Gasteiger partial charge is 0.203 e. The molecular weight excluding hydrogens is 310 g/mol. The minimum Gasteiger partial charge on any atom is -0.504 e. The first-order chi connectivity index (χ1) is 11.5. The molecule has 0 saturated carbocycles. The summed E-state index contributed by atoms with van der Waals surface area (Å²) in [5.41, 5.74) is 7.80. The van der Waals surface area contributed by atoms with Crippen LogP contribution < -0.4 is 24.7 Å². The normalized spacial score (nSPS) is 10.7. The standard InChI is InChI=1S/C18H21NO5/c1-21-15-9-12(10-16(22-2)18(15)24-4)6-5-11-7-13(19)17(23-3)14(20)8-11/h5-10,20H,19H2,1-4H3/b6-5+. The lowest BCUT2D eigenvalue weighted by Gasteiger charge is -2.13. The maximum atomic E-state index is 9.91. The molecular formula is C18H21NO5. The van der Waals surface area contributed by atoms with Gasteiger partial charge in [-0.15, -0.1) is 0 Å². The molecule has 2 aromatic rings. The molecule has 0 unspecified atom stereocenters. The monoisotopic (exact) mass is 331 g/mol. The quantitative estimate of drug-likeness (QED) is 0.625. The van der Waals surface area contributed by atoms with Crippen molar-refractivity contribution in [1.82, 2.24) is 0 Å². The average molecular weight is 331 g/mol. The number of nitrogen functional groups attached to an aromatic ring is 1. The fraction of sp³-hybridized carbons (Fsp3) is 0.222. The SMILES string of the molecule is COc1cc(/C=C/c2cc(N)c(OC)c(O)c2)cc(OC)c1OC. The van der Waals surface area contributed by atoms with Gasteiger partial charge >= 0.3 is 0 Å². The van der Waals surface area contributed by atoms with Gasteiger partial charge < -0.3 is 29.8 Å². The summed E-state index contributed by atoms with van der Waals surface area (Å²) in [6.07, 6.45) is 3.67. The molecule has 0 aliphatic carbocycles. The number of methoxy groups -OCH3 is 4. The van der Waals surface area contributed by atoms with E-state index in [1.165, 1.54) is 7.11 Å². The number of hydrogen-bond donors (Lipinski definition) is 2. The summed E-state index contributed by atoms with van der Waals surface area (Å²) < 4.78 is 21.0. The van der Waals surface area contributed by atoms with Crippen LogP contribution in [-0.2, 0) is 0 Å². The van der Waals surface area contributed by atoms with Crippen molar-refractivity contribution >= 4 is 17.8 Å². The largest absolute Gasteiger partial charge is 0.504 e. The first-order valence-corrected chi connectivity index (χ1v) is 7.18. The van der Waals surface area contributed by atoms with Gasteiger partial charge in [0.25, 0.3) is 0 Å². The lowest BCUT2D eigenvalue weighted by atomic mass is 10.1. The third-order valence-corrected chi connectivity index (χ3v) is 3.48. The molecule has 0 aliphatic rings. The molecule has 0 saturated heterocycles. The number of rotatable bonds is 6. The molecule has 128 valence electrons. The molecule has 0 atom stereocenters. The van der Waals surface area contributed by atoms with Crippen molar-refractivity contribution in [3.05, 3.63) is 35.4 Å². The summed E-state index contributed by atoms with van der Waals surface area (Å²) in [7, 11) is 6.13. The van der Waals surface area contributed by atoms with Crippen molar-refractivity contribution in [2.45, 2.75) is 0 Å². The lowest BCUT2D eigenvalue weighted by Crippen LogP contribution is -1.95. The van der Waals surface area contributed by atoms with Crippen LogP contribution in [0.5, 0.6) is 28.7 Å². The van der Waals surface area contributed by atoms with Crippen LogP contribution in [-0.4, -0.2) is 33.5 Å². The molecule has 2 rings (SSSR count). The number of benzene rings is 2. The van der Waals surface area contributed by atoms with E-state index in [1.54, 1.807) is 33.5 Å². The van der Waals surface area contributed by atoms with Gasteiger partial charge in [0, 0.05) is 0 Å². The van der Waals surface area contributed by atoms with E-state index in [2.05, 4.69) is 0 Å². The zero-order valence-electron chi connectivity index (χ0n) is 14.1. The Morgan fingerprint density at radius 1 is 0.750 bits per heavy atom. The summed E-state index contributed by atoms with van der Waals surface area (Å²) in [5.74, 6) is 1.91. The summed E-state index contributed by atoms with van der Waals surface area (Å²) in [5, 5.41) is 9.91. The predicted molar refractivity (Wildman–Crippen MR) is 94.1 cm³/mol. The second-order valence-corrected chi connectivity index (χ2v) is 4.95. The van der Waals surface area contributed by atoms with Crippen LogP contribution in [0.3, 0.4) is 0 Å². The zero-order valence-corrected chi connectivity index (χ0v) is 14.1. The molecule has 0 fully saturated rings. The number of phenols is 1. The second-order valence-electron chi connectivity index (χ2n) is 4.95. The molecule has 0 aliphatic heterocycles. The maximum Gasteiger partial charge on any atom is 0.203 e. The third-order valence-electron chi connectivity index (χ3n) is 3.48. The number of ether oxygens (including phenoxy) is 4. The van der Waals surface area contributed by atoms with Crippen molar-refractivity contribution in [2.24, 2.45) is 0 Å². The maximum absolute atomic E-state index is 9.91. The minimum absolute atomic E-state index is 0.0120. The fourth-order valence-electron chi connectivity index (χ4n) is 2.37. The van der Waals surface area contributed by atoms with Crippen LogP contribution in [0, 0.1) is 0 Å². The predicted octanol–water partition coefficient (Wildman–Crippen LogP) is 3.18. The Hall–Kier alpha value is -3.02. The topological polar surface area (TPSA) is 83.2 Å². The summed E-state index contributed by atoms with van der Waals surface area (Å²) in [4.78, 5) is 0. The van der Waals surface area contributed by atoms with Crippen molar-refractivity contribution in [2.75, 3.05) is 34.2 Å². The highest BCUT2D eigenvalue weighted by atomic mass is 16.5. The number of hydrogen-bond acceptors (Lipinski definition) is 6. The van der Waals surface area contributed by atoms with Gasteiger partial charge in [-0.1, -0.05) is 12.2 Å². The van der Waals surface area contributed by atoms with Gasteiger partial charge in [-0.05, 0) is 35.4 Å². The minimum atomic E-state index is -0.0120. The number of nitrogens with two attached hydrogens (primary N) is 1. The molecule has 24 heavy (non-hydrogen) atoms. The summed E-state index contributed by atoms with van der Waals surface area (Å²) in [6, 6.07) is 6.94. The number of anilines is 1. The van der Waals surface area contributed by atoms with Crippen LogP contribution in [0.1, 0.15) is 11.1 Å². The van der Waals surface area contributed by atoms with E-state index in [1.807, 2.05) is 24.3 Å². The molecule has 0 aromatic heterocycles. The van der Waals surface area contributed by atoms with E-state index >= 15 is 0 Å². The van der Waals surface area contributed by atoms with E-state index < -0.39 is 0 Å². The summed E-state index contributed by atoms with van der Waals surface area (Å²) >= 11 is 0. The van der Waals surface area contributed by atoms with Crippen LogP contribution in [0.25, 0.3) is 12.2 Å². The number of aromatic hydroxyl groups is 1. The molecule has 2 aromatic carbocycles. The van der Waals surface area contributed by atoms with Gasteiger partial charge in [0.05, 0.1) is 34.1 Å². The van der Waals surface area contributed by atoms with Gasteiger partial charge in [-0.3, -0.25) is 0 Å². The molecule has 0 heterocycles. The van der Waals surface area contributed by atoms with Gasteiger partial charge in [-0.25, -0.2) is 0 Å². The Labute approximate surface area is 141 Å². The molecule has 0 bridgehead atoms. The molecule has 6 heteroatoms. The Bertz CT molecular complexity index is 707. The van der Waals surface area contributed by atoms with Gasteiger partial charge in [0.15, 0.2) is 23.0 Å². The van der Waals surface area contributed by atoms with Crippen LogP contribution >= 0.6 is 0 Å². The van der Waals surface area contributed by atoms with E-state index in [-0.39, 0.29) is 11.5 Å². The molecule has 6 nitrogen and oxygen atoms in total. The fourth-order valence-corrected chi connectivity index (χ4v) is 2.37. The highest BCUT2D eigenvalue weighted by Crippen LogP contribution is 2.39.